The van der Waals surface area contributed by atoms with Crippen LogP contribution < -0.4 is 0 Å². The normalized spacial score (nSPS) is 14.3. The lowest BCUT2D eigenvalue weighted by atomic mass is 10.2. The first-order valence-electron chi connectivity index (χ1n) is 7.44. The van der Waals surface area contributed by atoms with E-state index in [0.29, 0.717) is 46.8 Å². The highest BCUT2D eigenvalue weighted by Crippen LogP contribution is 2.33. The predicted octanol–water partition coefficient (Wildman–Crippen LogP) is 4.39. The molecule has 0 saturated heterocycles. The number of carbonyl (C=O) groups excluding carboxylic acids is 1. The average molecular weight is 319 g/mol. The largest absolute Gasteiger partial charge is 0.441 e. The standard InChI is InChI=1S/C17H18FNO2S/c1-11-16(10-22-9-13(20)8-12-6-7-12)19-17(21-11)14-4-2-3-5-15(14)18/h2-5,12H,6-10H2,1H3. The second kappa shape index (κ2) is 6.65. The van der Waals surface area contributed by atoms with Crippen LogP contribution >= 0.6 is 11.8 Å². The Morgan fingerprint density at radius 2 is 2.18 bits per heavy atom. The van der Waals surface area contributed by atoms with Crippen LogP contribution in [0, 0.1) is 18.7 Å². The zero-order valence-corrected chi connectivity index (χ0v) is 13.3. The van der Waals surface area contributed by atoms with Gasteiger partial charge in [0, 0.05) is 12.2 Å². The van der Waals surface area contributed by atoms with Gasteiger partial charge in [-0.05, 0) is 37.8 Å². The van der Waals surface area contributed by atoms with Gasteiger partial charge in [-0.1, -0.05) is 12.1 Å². The van der Waals surface area contributed by atoms with E-state index in [9.17, 15) is 9.18 Å². The third-order valence-electron chi connectivity index (χ3n) is 3.71. The van der Waals surface area contributed by atoms with Gasteiger partial charge in [0.1, 0.15) is 17.4 Å². The van der Waals surface area contributed by atoms with E-state index in [4.69, 9.17) is 4.42 Å². The summed E-state index contributed by atoms with van der Waals surface area (Å²) in [5.74, 6) is 2.70. The maximum atomic E-state index is 13.8. The number of benzene rings is 1. The summed E-state index contributed by atoms with van der Waals surface area (Å²) in [6.45, 7) is 1.82. The molecule has 0 radical (unpaired) electrons. The van der Waals surface area contributed by atoms with Crippen LogP contribution in [0.25, 0.3) is 11.5 Å². The maximum absolute atomic E-state index is 13.8. The minimum atomic E-state index is -0.345. The number of aryl methyl sites for hydroxylation is 1. The van der Waals surface area contributed by atoms with Crippen molar-refractivity contribution in [1.29, 1.82) is 0 Å². The first-order valence-corrected chi connectivity index (χ1v) is 8.59. The molecule has 1 fully saturated rings. The van der Waals surface area contributed by atoms with Gasteiger partial charge in [-0.25, -0.2) is 9.37 Å². The number of nitrogens with zero attached hydrogens (tertiary/aromatic N) is 1. The molecule has 0 amide bonds. The third kappa shape index (κ3) is 3.77. The molecule has 2 aromatic rings. The molecule has 0 spiro atoms. The summed E-state index contributed by atoms with van der Waals surface area (Å²) in [6.07, 6.45) is 3.11. The molecular formula is C17H18FNO2S. The van der Waals surface area contributed by atoms with Crippen molar-refractivity contribution in [1.82, 2.24) is 4.98 Å². The summed E-state index contributed by atoms with van der Waals surface area (Å²) < 4.78 is 19.3. The highest BCUT2D eigenvalue weighted by molar-refractivity contribution is 7.99. The van der Waals surface area contributed by atoms with Crippen LogP contribution in [-0.4, -0.2) is 16.5 Å². The summed E-state index contributed by atoms with van der Waals surface area (Å²) in [5.41, 5.74) is 1.15. The van der Waals surface area contributed by atoms with E-state index in [-0.39, 0.29) is 5.82 Å². The van der Waals surface area contributed by atoms with Gasteiger partial charge in [-0.15, -0.1) is 11.8 Å². The molecule has 0 aliphatic heterocycles. The molecule has 1 saturated carbocycles. The number of rotatable bonds is 7. The molecule has 0 bridgehead atoms. The fourth-order valence-electron chi connectivity index (χ4n) is 2.28. The summed E-state index contributed by atoms with van der Waals surface area (Å²) in [4.78, 5) is 16.1. The summed E-state index contributed by atoms with van der Waals surface area (Å²) in [6, 6.07) is 6.43. The van der Waals surface area contributed by atoms with Crippen LogP contribution in [0.15, 0.2) is 28.7 Å². The summed E-state index contributed by atoms with van der Waals surface area (Å²) >= 11 is 1.55. The molecule has 3 nitrogen and oxygen atoms in total. The van der Waals surface area contributed by atoms with Crippen LogP contribution in [-0.2, 0) is 10.5 Å². The Kier molecular flexibility index (Phi) is 4.62. The summed E-state index contributed by atoms with van der Waals surface area (Å²) in [7, 11) is 0. The minimum absolute atomic E-state index is 0.301. The molecule has 1 heterocycles. The number of ketones is 1. The first kappa shape index (κ1) is 15.3. The number of Topliss-reactive ketones (excluding diaryl/α,β-unsaturated/α-hetero) is 1. The molecule has 3 rings (SSSR count). The molecular weight excluding hydrogens is 301 g/mol. The molecule has 116 valence electrons. The van der Waals surface area contributed by atoms with Crippen molar-refractivity contribution in [3.63, 3.8) is 0 Å². The lowest BCUT2D eigenvalue weighted by molar-refractivity contribution is -0.116. The van der Waals surface area contributed by atoms with Gasteiger partial charge in [0.05, 0.1) is 17.0 Å². The van der Waals surface area contributed by atoms with Gasteiger partial charge >= 0.3 is 0 Å². The van der Waals surface area contributed by atoms with Crippen molar-refractivity contribution >= 4 is 17.5 Å². The summed E-state index contributed by atoms with van der Waals surface area (Å²) in [5, 5.41) is 0. The Bertz CT molecular complexity index is 679. The number of halogens is 1. The first-order chi connectivity index (χ1) is 10.6. The SMILES string of the molecule is Cc1oc(-c2ccccc2F)nc1CSCC(=O)CC1CC1. The van der Waals surface area contributed by atoms with Gasteiger partial charge < -0.3 is 4.42 Å². The van der Waals surface area contributed by atoms with E-state index < -0.39 is 0 Å². The molecule has 1 aliphatic rings. The van der Waals surface area contributed by atoms with Gasteiger partial charge in [-0.2, -0.15) is 0 Å². The molecule has 0 atom stereocenters. The van der Waals surface area contributed by atoms with Gasteiger partial charge in [-0.3, -0.25) is 4.79 Å². The van der Waals surface area contributed by atoms with Crippen LogP contribution in [0.1, 0.15) is 30.7 Å². The molecule has 1 aromatic heterocycles. The Balaban J connectivity index is 1.60. The quantitative estimate of drug-likeness (QED) is 0.759. The number of oxazole rings is 1. The Morgan fingerprint density at radius 3 is 2.91 bits per heavy atom. The third-order valence-corrected chi connectivity index (χ3v) is 4.72. The van der Waals surface area contributed by atoms with Crippen molar-refractivity contribution in [2.24, 2.45) is 5.92 Å². The minimum Gasteiger partial charge on any atom is -0.441 e. The number of hydrogen-bond acceptors (Lipinski definition) is 4. The Hall–Kier alpha value is -1.62. The van der Waals surface area contributed by atoms with E-state index in [0.717, 1.165) is 5.69 Å². The fraction of sp³-hybridized carbons (Fsp3) is 0.412. The average Bonchev–Trinajstić information content (AvgIpc) is 3.22. The predicted molar refractivity (Wildman–Crippen MR) is 85.1 cm³/mol. The van der Waals surface area contributed by atoms with Gasteiger partial charge in [0.15, 0.2) is 0 Å². The molecule has 0 N–H and O–H groups in total. The maximum Gasteiger partial charge on any atom is 0.229 e. The Morgan fingerprint density at radius 1 is 1.41 bits per heavy atom. The lowest BCUT2D eigenvalue weighted by Gasteiger charge is -1.99. The highest BCUT2D eigenvalue weighted by atomic mass is 32.2. The van der Waals surface area contributed by atoms with Gasteiger partial charge in [0.25, 0.3) is 0 Å². The van der Waals surface area contributed by atoms with Crippen molar-refractivity contribution in [2.75, 3.05) is 5.75 Å². The fourth-order valence-corrected chi connectivity index (χ4v) is 3.18. The van der Waals surface area contributed by atoms with E-state index >= 15 is 0 Å². The second-order valence-corrected chi connectivity index (χ2v) is 6.67. The molecule has 22 heavy (non-hydrogen) atoms. The van der Waals surface area contributed by atoms with Gasteiger partial charge in [0.2, 0.25) is 5.89 Å². The van der Waals surface area contributed by atoms with Crippen LogP contribution in [0.3, 0.4) is 0 Å². The highest BCUT2D eigenvalue weighted by Gasteiger charge is 2.24. The van der Waals surface area contributed by atoms with Crippen molar-refractivity contribution in [3.8, 4) is 11.5 Å². The molecule has 1 aliphatic carbocycles. The van der Waals surface area contributed by atoms with Crippen molar-refractivity contribution in [3.05, 3.63) is 41.5 Å². The zero-order valence-electron chi connectivity index (χ0n) is 12.5. The Labute approximate surface area is 133 Å². The van der Waals surface area contributed by atoms with Crippen molar-refractivity contribution < 1.29 is 13.6 Å². The number of hydrogen-bond donors (Lipinski definition) is 0. The smallest absolute Gasteiger partial charge is 0.229 e. The van der Waals surface area contributed by atoms with E-state index in [1.807, 2.05) is 6.92 Å². The second-order valence-electron chi connectivity index (χ2n) is 5.68. The topological polar surface area (TPSA) is 43.1 Å². The molecule has 1 aromatic carbocycles. The lowest BCUT2D eigenvalue weighted by Crippen LogP contribution is -2.02. The number of carbonyl (C=O) groups is 1. The van der Waals surface area contributed by atoms with Crippen LogP contribution in [0.2, 0.25) is 0 Å². The van der Waals surface area contributed by atoms with E-state index in [1.165, 1.54) is 18.9 Å². The van der Waals surface area contributed by atoms with E-state index in [1.54, 1.807) is 30.0 Å². The monoisotopic (exact) mass is 319 g/mol. The number of aromatic nitrogens is 1. The van der Waals surface area contributed by atoms with Crippen LogP contribution in [0.5, 0.6) is 0 Å². The van der Waals surface area contributed by atoms with Crippen LogP contribution in [0.4, 0.5) is 4.39 Å². The molecule has 5 heteroatoms. The number of thioether (sulfide) groups is 1. The zero-order chi connectivity index (χ0) is 15.5. The molecule has 0 unspecified atom stereocenters. The van der Waals surface area contributed by atoms with E-state index in [2.05, 4.69) is 4.98 Å². The van der Waals surface area contributed by atoms with Crippen molar-refractivity contribution in [2.45, 2.75) is 31.9 Å².